The Kier molecular flexibility index (Phi) is 3.86. The van der Waals surface area contributed by atoms with E-state index in [1.54, 1.807) is 13.1 Å². The molecule has 126 valence electrons. The molecule has 1 saturated heterocycles. The number of likely N-dealkylation sites (N-methyl/N-ethyl adjacent to an activating group) is 1. The van der Waals surface area contributed by atoms with Gasteiger partial charge < -0.3 is 4.42 Å². The van der Waals surface area contributed by atoms with Gasteiger partial charge in [0, 0.05) is 38.3 Å². The number of piperazine rings is 1. The normalized spacial score (nSPS) is 24.3. The third kappa shape index (κ3) is 2.60. The first-order valence-electron chi connectivity index (χ1n) is 7.53. The van der Waals surface area contributed by atoms with Gasteiger partial charge >= 0.3 is 5.76 Å². The minimum Gasteiger partial charge on any atom is -0.408 e. The van der Waals surface area contributed by atoms with Gasteiger partial charge in [-0.15, -0.1) is 0 Å². The Labute approximate surface area is 135 Å². The third-order valence-corrected chi connectivity index (χ3v) is 6.56. The molecule has 1 aliphatic rings. The Morgan fingerprint density at radius 3 is 2.35 bits per heavy atom. The summed E-state index contributed by atoms with van der Waals surface area (Å²) in [6.45, 7) is 4.91. The van der Waals surface area contributed by atoms with Crippen molar-refractivity contribution in [2.24, 2.45) is 7.05 Å². The molecule has 2 heterocycles. The van der Waals surface area contributed by atoms with Crippen LogP contribution in [0.25, 0.3) is 11.1 Å². The van der Waals surface area contributed by atoms with E-state index in [9.17, 15) is 13.2 Å². The summed E-state index contributed by atoms with van der Waals surface area (Å²) in [6, 6.07) is 4.86. The van der Waals surface area contributed by atoms with E-state index in [2.05, 4.69) is 4.90 Å². The van der Waals surface area contributed by atoms with Gasteiger partial charge in [0.05, 0.1) is 10.4 Å². The van der Waals surface area contributed by atoms with Crippen molar-refractivity contribution in [1.29, 1.82) is 0 Å². The third-order valence-electron chi connectivity index (χ3n) is 4.73. The number of hydrogen-bond donors (Lipinski definition) is 0. The van der Waals surface area contributed by atoms with Gasteiger partial charge in [0.25, 0.3) is 0 Å². The lowest BCUT2D eigenvalue weighted by molar-refractivity contribution is 0.105. The fourth-order valence-corrected chi connectivity index (χ4v) is 4.59. The summed E-state index contributed by atoms with van der Waals surface area (Å²) in [4.78, 5) is 13.9. The molecular formula is C15H21N3O4S. The number of fused-ring (bicyclic) bond motifs is 1. The second-order valence-electron chi connectivity index (χ2n) is 6.24. The predicted molar refractivity (Wildman–Crippen MR) is 86.9 cm³/mol. The molecule has 2 aromatic rings. The smallest absolute Gasteiger partial charge is 0.408 e. The van der Waals surface area contributed by atoms with Crippen molar-refractivity contribution in [1.82, 2.24) is 13.8 Å². The molecule has 0 N–H and O–H groups in total. The molecule has 1 fully saturated rings. The molecule has 3 rings (SSSR count). The largest absolute Gasteiger partial charge is 0.419 e. The Bertz CT molecular complexity index is 887. The van der Waals surface area contributed by atoms with Crippen LogP contribution in [0.4, 0.5) is 0 Å². The summed E-state index contributed by atoms with van der Waals surface area (Å²) in [7, 11) is -0.0176. The lowest BCUT2D eigenvalue weighted by atomic mass is 10.1. The Morgan fingerprint density at radius 1 is 1.13 bits per heavy atom. The van der Waals surface area contributed by atoms with Gasteiger partial charge in [0.2, 0.25) is 10.0 Å². The van der Waals surface area contributed by atoms with Gasteiger partial charge in [-0.05, 0) is 33.0 Å². The van der Waals surface area contributed by atoms with Crippen molar-refractivity contribution in [2.45, 2.75) is 30.8 Å². The molecule has 0 spiro atoms. The summed E-state index contributed by atoms with van der Waals surface area (Å²) >= 11 is 0. The van der Waals surface area contributed by atoms with Gasteiger partial charge in [-0.3, -0.25) is 9.47 Å². The maximum Gasteiger partial charge on any atom is 0.419 e. The lowest BCUT2D eigenvalue weighted by Gasteiger charge is -2.41. The SMILES string of the molecule is CC1CN(S(=O)(=O)c2ccc3c(c2)oc(=O)n3C)CC(C)N1C. The molecule has 23 heavy (non-hydrogen) atoms. The van der Waals surface area contributed by atoms with Crippen LogP contribution in [0.15, 0.2) is 32.3 Å². The number of benzene rings is 1. The molecule has 1 aromatic heterocycles. The molecule has 7 nitrogen and oxygen atoms in total. The van der Waals surface area contributed by atoms with Crippen molar-refractivity contribution in [3.63, 3.8) is 0 Å². The van der Waals surface area contributed by atoms with Gasteiger partial charge in [0.15, 0.2) is 5.58 Å². The van der Waals surface area contributed by atoms with Crippen LogP contribution < -0.4 is 5.76 Å². The van der Waals surface area contributed by atoms with E-state index in [1.165, 1.54) is 21.0 Å². The Balaban J connectivity index is 2.01. The van der Waals surface area contributed by atoms with E-state index in [1.807, 2.05) is 20.9 Å². The highest BCUT2D eigenvalue weighted by Crippen LogP contribution is 2.24. The average Bonchev–Trinajstić information content (AvgIpc) is 2.78. The highest BCUT2D eigenvalue weighted by atomic mass is 32.2. The molecule has 0 bridgehead atoms. The molecule has 1 aliphatic heterocycles. The van der Waals surface area contributed by atoms with Crippen LogP contribution >= 0.6 is 0 Å². The maximum absolute atomic E-state index is 12.9. The molecule has 0 aliphatic carbocycles. The van der Waals surface area contributed by atoms with E-state index < -0.39 is 15.8 Å². The first kappa shape index (κ1) is 16.2. The average molecular weight is 339 g/mol. The van der Waals surface area contributed by atoms with Crippen LogP contribution in [0.3, 0.4) is 0 Å². The maximum atomic E-state index is 12.9. The Hall–Kier alpha value is -1.64. The van der Waals surface area contributed by atoms with Crippen molar-refractivity contribution in [3.05, 3.63) is 28.7 Å². The van der Waals surface area contributed by atoms with Gasteiger partial charge in [-0.1, -0.05) is 0 Å². The van der Waals surface area contributed by atoms with Crippen LogP contribution in [0.5, 0.6) is 0 Å². The van der Waals surface area contributed by atoms with E-state index in [4.69, 9.17) is 4.42 Å². The number of aromatic nitrogens is 1. The monoisotopic (exact) mass is 339 g/mol. The quantitative estimate of drug-likeness (QED) is 0.811. The second-order valence-corrected chi connectivity index (χ2v) is 8.18. The zero-order valence-electron chi connectivity index (χ0n) is 13.7. The van der Waals surface area contributed by atoms with Gasteiger partial charge in [-0.25, -0.2) is 13.2 Å². The molecule has 2 atom stereocenters. The Morgan fingerprint density at radius 2 is 1.74 bits per heavy atom. The molecule has 0 radical (unpaired) electrons. The summed E-state index contributed by atoms with van der Waals surface area (Å²) < 4.78 is 33.8. The molecular weight excluding hydrogens is 318 g/mol. The lowest BCUT2D eigenvalue weighted by Crippen LogP contribution is -2.56. The molecule has 8 heteroatoms. The standard InChI is InChI=1S/C15H21N3O4S/c1-10-8-18(9-11(2)16(10)3)23(20,21)12-5-6-13-14(7-12)22-15(19)17(13)4/h5-7,10-11H,8-9H2,1-4H3. The van der Waals surface area contributed by atoms with Crippen LogP contribution in [0.2, 0.25) is 0 Å². The number of nitrogens with zero attached hydrogens (tertiary/aromatic N) is 3. The van der Waals surface area contributed by atoms with E-state index in [-0.39, 0.29) is 22.6 Å². The minimum atomic E-state index is -3.61. The summed E-state index contributed by atoms with van der Waals surface area (Å²) in [6.07, 6.45) is 0. The molecule has 2 unspecified atom stereocenters. The number of hydrogen-bond acceptors (Lipinski definition) is 5. The summed E-state index contributed by atoms with van der Waals surface area (Å²) in [5.41, 5.74) is 0.864. The first-order chi connectivity index (χ1) is 10.7. The van der Waals surface area contributed by atoms with E-state index in [0.29, 0.717) is 18.6 Å². The number of rotatable bonds is 2. The van der Waals surface area contributed by atoms with E-state index >= 15 is 0 Å². The van der Waals surface area contributed by atoms with Crippen LogP contribution in [0.1, 0.15) is 13.8 Å². The highest BCUT2D eigenvalue weighted by molar-refractivity contribution is 7.89. The second kappa shape index (κ2) is 5.47. The predicted octanol–water partition coefficient (Wildman–Crippen LogP) is 0.845. The summed E-state index contributed by atoms with van der Waals surface area (Å²) in [5, 5.41) is 0. The van der Waals surface area contributed by atoms with Crippen LogP contribution in [-0.2, 0) is 17.1 Å². The van der Waals surface area contributed by atoms with Crippen molar-refractivity contribution in [3.8, 4) is 0 Å². The number of aryl methyl sites for hydroxylation is 1. The molecule has 0 amide bonds. The number of oxazole rings is 1. The van der Waals surface area contributed by atoms with Gasteiger partial charge in [-0.2, -0.15) is 4.31 Å². The highest BCUT2D eigenvalue weighted by Gasteiger charge is 2.34. The van der Waals surface area contributed by atoms with Crippen LogP contribution in [-0.4, -0.2) is 54.4 Å². The minimum absolute atomic E-state index is 0.145. The molecule has 0 saturated carbocycles. The van der Waals surface area contributed by atoms with Crippen molar-refractivity contribution >= 4 is 21.1 Å². The number of sulfonamides is 1. The first-order valence-corrected chi connectivity index (χ1v) is 8.97. The van der Waals surface area contributed by atoms with E-state index in [0.717, 1.165) is 0 Å². The zero-order valence-corrected chi connectivity index (χ0v) is 14.5. The summed E-state index contributed by atoms with van der Waals surface area (Å²) in [5.74, 6) is -0.503. The topological polar surface area (TPSA) is 75.8 Å². The van der Waals surface area contributed by atoms with Crippen molar-refractivity contribution in [2.75, 3.05) is 20.1 Å². The fourth-order valence-electron chi connectivity index (χ4n) is 2.98. The van der Waals surface area contributed by atoms with Crippen molar-refractivity contribution < 1.29 is 12.8 Å². The molecule has 1 aromatic carbocycles. The van der Waals surface area contributed by atoms with Gasteiger partial charge in [0.1, 0.15) is 0 Å². The fraction of sp³-hybridized carbons (Fsp3) is 0.533. The zero-order chi connectivity index (χ0) is 16.9. The van der Waals surface area contributed by atoms with Crippen LogP contribution in [0, 0.1) is 0 Å².